The van der Waals surface area contributed by atoms with Gasteiger partial charge in [0.05, 0.1) is 19.4 Å². The van der Waals surface area contributed by atoms with Crippen molar-refractivity contribution in [2.45, 2.75) is 18.9 Å². The topological polar surface area (TPSA) is 73.5 Å². The highest BCUT2D eigenvalue weighted by Crippen LogP contribution is 2.28. The quantitative estimate of drug-likeness (QED) is 0.895. The molecule has 0 spiro atoms. The average molecular weight is 349 g/mol. The summed E-state index contributed by atoms with van der Waals surface area (Å²) in [7, 11) is 3.60. The molecule has 0 bridgehead atoms. The van der Waals surface area contributed by atoms with Crippen LogP contribution in [0.1, 0.15) is 23.6 Å². The number of nitrogen functional groups attached to an aromatic ring is 1. The van der Waals surface area contributed by atoms with Gasteiger partial charge in [-0.3, -0.25) is 0 Å². The molecule has 1 atom stereocenters. The Morgan fingerprint density at radius 2 is 2.21 bits per heavy atom. The summed E-state index contributed by atoms with van der Waals surface area (Å²) in [5.41, 5.74) is 7.82. The summed E-state index contributed by atoms with van der Waals surface area (Å²) in [6.07, 6.45) is 0.960. The molecule has 24 heavy (non-hydrogen) atoms. The van der Waals surface area contributed by atoms with Gasteiger partial charge >= 0.3 is 0 Å². The molecule has 0 radical (unpaired) electrons. The van der Waals surface area contributed by atoms with E-state index in [9.17, 15) is 0 Å². The number of hydrogen-bond donors (Lipinski definition) is 1. The number of nitrogens with two attached hydrogens (primary N) is 1. The van der Waals surface area contributed by atoms with Crippen LogP contribution in [0.5, 0.6) is 5.75 Å². The second-order valence-corrected chi connectivity index (χ2v) is 6.32. The minimum atomic E-state index is 0.277. The third kappa shape index (κ3) is 3.71. The Labute approximate surface area is 146 Å². The lowest BCUT2D eigenvalue weighted by Gasteiger charge is -2.21. The van der Waals surface area contributed by atoms with Crippen molar-refractivity contribution in [2.24, 2.45) is 0 Å². The molecule has 2 N–H and O–H groups in total. The highest BCUT2D eigenvalue weighted by molar-refractivity contribution is 6.30. The number of benzene rings is 1. The van der Waals surface area contributed by atoms with Crippen LogP contribution >= 0.6 is 11.6 Å². The summed E-state index contributed by atoms with van der Waals surface area (Å²) >= 11 is 6.11. The molecule has 1 aliphatic heterocycles. The van der Waals surface area contributed by atoms with Gasteiger partial charge in [0.1, 0.15) is 11.6 Å². The van der Waals surface area contributed by atoms with Crippen molar-refractivity contribution in [1.29, 1.82) is 0 Å². The van der Waals surface area contributed by atoms with Gasteiger partial charge in [0.15, 0.2) is 0 Å². The molecular weight excluding hydrogens is 328 g/mol. The SMILES string of the molecule is COc1ccc(Cl)cc1CN(C)c1cc([C@@H]2CCOC2)nc(N)n1. The van der Waals surface area contributed by atoms with E-state index >= 15 is 0 Å². The van der Waals surface area contributed by atoms with Gasteiger partial charge in [-0.05, 0) is 24.6 Å². The Morgan fingerprint density at radius 3 is 2.92 bits per heavy atom. The normalized spacial score (nSPS) is 17.0. The largest absolute Gasteiger partial charge is 0.496 e. The number of aromatic nitrogens is 2. The van der Waals surface area contributed by atoms with E-state index in [1.165, 1.54) is 0 Å². The first-order chi connectivity index (χ1) is 11.6. The minimum Gasteiger partial charge on any atom is -0.496 e. The third-order valence-electron chi connectivity index (χ3n) is 4.14. The van der Waals surface area contributed by atoms with Crippen LogP contribution in [-0.2, 0) is 11.3 Å². The molecule has 2 heterocycles. The van der Waals surface area contributed by atoms with Crippen LogP contribution < -0.4 is 15.4 Å². The lowest BCUT2D eigenvalue weighted by atomic mass is 10.0. The van der Waals surface area contributed by atoms with Crippen molar-refractivity contribution in [1.82, 2.24) is 9.97 Å². The summed E-state index contributed by atoms with van der Waals surface area (Å²) < 4.78 is 10.9. The molecule has 6 nitrogen and oxygen atoms in total. The lowest BCUT2D eigenvalue weighted by Crippen LogP contribution is -2.20. The molecule has 0 unspecified atom stereocenters. The first-order valence-corrected chi connectivity index (χ1v) is 8.20. The van der Waals surface area contributed by atoms with Crippen LogP contribution in [0.2, 0.25) is 5.02 Å². The van der Waals surface area contributed by atoms with Crippen LogP contribution in [-0.4, -0.2) is 37.3 Å². The van der Waals surface area contributed by atoms with E-state index in [2.05, 4.69) is 9.97 Å². The van der Waals surface area contributed by atoms with Gasteiger partial charge in [0.25, 0.3) is 0 Å². The van der Waals surface area contributed by atoms with Crippen LogP contribution in [0.15, 0.2) is 24.3 Å². The molecule has 7 heteroatoms. The summed E-state index contributed by atoms with van der Waals surface area (Å²) in [5.74, 6) is 2.12. The van der Waals surface area contributed by atoms with E-state index < -0.39 is 0 Å². The highest BCUT2D eigenvalue weighted by atomic mass is 35.5. The van der Waals surface area contributed by atoms with Crippen molar-refractivity contribution in [3.8, 4) is 5.75 Å². The van der Waals surface area contributed by atoms with Gasteiger partial charge in [-0.2, -0.15) is 4.98 Å². The van der Waals surface area contributed by atoms with Gasteiger partial charge in [0.2, 0.25) is 5.95 Å². The Balaban J connectivity index is 1.84. The fourth-order valence-corrected chi connectivity index (χ4v) is 3.05. The summed E-state index contributed by atoms with van der Waals surface area (Å²) in [5, 5.41) is 0.671. The maximum Gasteiger partial charge on any atom is 0.222 e. The first kappa shape index (κ1) is 16.8. The Bertz CT molecular complexity index is 720. The predicted molar refractivity (Wildman–Crippen MR) is 94.7 cm³/mol. The molecule has 128 valence electrons. The molecule has 3 rings (SSSR count). The maximum atomic E-state index is 6.11. The van der Waals surface area contributed by atoms with Gasteiger partial charge in [-0.15, -0.1) is 0 Å². The fourth-order valence-electron chi connectivity index (χ4n) is 2.85. The van der Waals surface area contributed by atoms with Gasteiger partial charge < -0.3 is 20.1 Å². The molecule has 0 amide bonds. The van der Waals surface area contributed by atoms with E-state index in [0.29, 0.717) is 18.2 Å². The van der Waals surface area contributed by atoms with Gasteiger partial charge in [-0.1, -0.05) is 11.6 Å². The summed E-state index contributed by atoms with van der Waals surface area (Å²) in [6.45, 7) is 2.04. The van der Waals surface area contributed by atoms with Gasteiger partial charge in [0, 0.05) is 42.8 Å². The Hall–Kier alpha value is -2.05. The number of rotatable bonds is 5. The van der Waals surface area contributed by atoms with Crippen molar-refractivity contribution >= 4 is 23.4 Å². The van der Waals surface area contributed by atoms with E-state index in [0.717, 1.165) is 35.9 Å². The van der Waals surface area contributed by atoms with E-state index in [1.54, 1.807) is 7.11 Å². The number of anilines is 2. The third-order valence-corrected chi connectivity index (χ3v) is 4.37. The molecule has 0 aliphatic carbocycles. The smallest absolute Gasteiger partial charge is 0.222 e. The zero-order valence-electron chi connectivity index (χ0n) is 13.8. The number of hydrogen-bond acceptors (Lipinski definition) is 6. The Morgan fingerprint density at radius 1 is 1.38 bits per heavy atom. The van der Waals surface area contributed by atoms with E-state index in [4.69, 9.17) is 26.8 Å². The standard InChI is InChI=1S/C17H21ClN4O2/c1-22(9-12-7-13(18)3-4-15(12)23-2)16-8-14(20-17(19)21-16)11-5-6-24-10-11/h3-4,7-8,11H,5-6,9-10H2,1-2H3,(H2,19,20,21)/t11-/m1/s1. The van der Waals surface area contributed by atoms with Gasteiger partial charge in [-0.25, -0.2) is 4.98 Å². The zero-order valence-corrected chi connectivity index (χ0v) is 14.6. The molecule has 1 aliphatic rings. The van der Waals surface area contributed by atoms with Crippen molar-refractivity contribution in [3.05, 3.63) is 40.5 Å². The van der Waals surface area contributed by atoms with Crippen LogP contribution in [0.25, 0.3) is 0 Å². The first-order valence-electron chi connectivity index (χ1n) is 7.82. The fraction of sp³-hybridized carbons (Fsp3) is 0.412. The Kier molecular flexibility index (Phi) is 5.06. The molecule has 1 aromatic heterocycles. The summed E-state index contributed by atoms with van der Waals surface area (Å²) in [4.78, 5) is 10.7. The van der Waals surface area contributed by atoms with Crippen molar-refractivity contribution in [2.75, 3.05) is 38.0 Å². The zero-order chi connectivity index (χ0) is 17.1. The monoisotopic (exact) mass is 348 g/mol. The minimum absolute atomic E-state index is 0.277. The van der Waals surface area contributed by atoms with Crippen LogP contribution in [0.3, 0.4) is 0 Å². The number of ether oxygens (including phenoxy) is 2. The molecular formula is C17H21ClN4O2. The number of halogens is 1. The molecule has 2 aromatic rings. The van der Waals surface area contributed by atoms with Crippen LogP contribution in [0, 0.1) is 0 Å². The second-order valence-electron chi connectivity index (χ2n) is 5.88. The number of methoxy groups -OCH3 is 1. The lowest BCUT2D eigenvalue weighted by molar-refractivity contribution is 0.193. The van der Waals surface area contributed by atoms with E-state index in [1.807, 2.05) is 36.2 Å². The molecule has 0 saturated carbocycles. The van der Waals surface area contributed by atoms with Crippen LogP contribution in [0.4, 0.5) is 11.8 Å². The van der Waals surface area contributed by atoms with Crippen molar-refractivity contribution in [3.63, 3.8) is 0 Å². The number of nitrogens with zero attached hydrogens (tertiary/aromatic N) is 3. The average Bonchev–Trinajstić information content (AvgIpc) is 3.09. The molecule has 1 saturated heterocycles. The molecule has 1 aromatic carbocycles. The highest BCUT2D eigenvalue weighted by Gasteiger charge is 2.21. The van der Waals surface area contributed by atoms with Crippen molar-refractivity contribution < 1.29 is 9.47 Å². The van der Waals surface area contributed by atoms with E-state index in [-0.39, 0.29) is 11.9 Å². The molecule has 1 fully saturated rings. The maximum absolute atomic E-state index is 6.11. The predicted octanol–water partition coefficient (Wildman–Crippen LogP) is 2.86. The second kappa shape index (κ2) is 7.23. The summed E-state index contributed by atoms with van der Waals surface area (Å²) in [6, 6.07) is 7.55.